The maximum Gasteiger partial charge on any atom is 0.141 e. The zero-order valence-electron chi connectivity index (χ0n) is 12.9. The van der Waals surface area contributed by atoms with E-state index in [4.69, 9.17) is 5.26 Å². The van der Waals surface area contributed by atoms with Gasteiger partial charge in [-0.1, -0.05) is 18.2 Å². The standard InChI is InChI=1S/C20H9FN4/c21-17-9-12(5-6-13(17)10-22)16(11-23)18-14-3-1-7-24-19(14)20-15(18)4-2-8-25-20/h1-9H. The van der Waals surface area contributed by atoms with Gasteiger partial charge in [0.15, 0.2) is 0 Å². The van der Waals surface area contributed by atoms with Crippen molar-refractivity contribution in [3.8, 4) is 23.5 Å². The molecule has 0 radical (unpaired) electrons. The second kappa shape index (κ2) is 5.67. The molecule has 116 valence electrons. The average molecular weight is 324 g/mol. The molecular formula is C20H9FN4. The van der Waals surface area contributed by atoms with Crippen LogP contribution < -0.4 is 0 Å². The number of nitriles is 2. The Morgan fingerprint density at radius 1 is 0.920 bits per heavy atom. The van der Waals surface area contributed by atoms with Crippen LogP contribution in [0, 0.1) is 28.5 Å². The molecule has 0 spiro atoms. The molecule has 0 amide bonds. The fourth-order valence-corrected chi connectivity index (χ4v) is 3.03. The van der Waals surface area contributed by atoms with Crippen molar-refractivity contribution in [2.75, 3.05) is 0 Å². The summed E-state index contributed by atoms with van der Waals surface area (Å²) >= 11 is 0. The Morgan fingerprint density at radius 3 is 2.08 bits per heavy atom. The van der Waals surface area contributed by atoms with Crippen LogP contribution in [-0.4, -0.2) is 9.97 Å². The molecule has 2 aromatic heterocycles. The van der Waals surface area contributed by atoms with Gasteiger partial charge >= 0.3 is 0 Å². The van der Waals surface area contributed by atoms with Gasteiger partial charge in [0.1, 0.15) is 18.0 Å². The summed E-state index contributed by atoms with van der Waals surface area (Å²) in [7, 11) is 0. The minimum atomic E-state index is -0.649. The Bertz CT molecular complexity index is 1090. The lowest BCUT2D eigenvalue weighted by Gasteiger charge is -2.08. The highest BCUT2D eigenvalue weighted by Crippen LogP contribution is 2.44. The van der Waals surface area contributed by atoms with Crippen LogP contribution in [0.15, 0.2) is 54.9 Å². The number of hydrogen-bond donors (Lipinski definition) is 0. The molecule has 5 heteroatoms. The van der Waals surface area contributed by atoms with Gasteiger partial charge in [0.05, 0.1) is 22.5 Å². The number of rotatable bonds is 1. The minimum Gasteiger partial charge on any atom is -0.254 e. The Labute approximate surface area is 143 Å². The molecule has 0 unspecified atom stereocenters. The largest absolute Gasteiger partial charge is 0.254 e. The first-order valence-electron chi connectivity index (χ1n) is 7.50. The van der Waals surface area contributed by atoms with Crippen molar-refractivity contribution in [2.24, 2.45) is 0 Å². The number of allylic oxidation sites excluding steroid dienone is 1. The van der Waals surface area contributed by atoms with Gasteiger partial charge in [-0.3, -0.25) is 9.97 Å². The lowest BCUT2D eigenvalue weighted by molar-refractivity contribution is 0.623. The zero-order valence-corrected chi connectivity index (χ0v) is 12.9. The maximum atomic E-state index is 14.0. The number of halogens is 1. The van der Waals surface area contributed by atoms with E-state index in [1.807, 2.05) is 12.1 Å². The van der Waals surface area contributed by atoms with Gasteiger partial charge in [-0.25, -0.2) is 4.39 Å². The van der Waals surface area contributed by atoms with E-state index >= 15 is 0 Å². The van der Waals surface area contributed by atoms with E-state index in [-0.39, 0.29) is 5.56 Å². The predicted octanol–water partition coefficient (Wildman–Crippen LogP) is 3.95. The van der Waals surface area contributed by atoms with Crippen LogP contribution in [0.1, 0.15) is 22.3 Å². The summed E-state index contributed by atoms with van der Waals surface area (Å²) in [5, 5.41) is 18.7. The molecule has 0 bridgehead atoms. The summed E-state index contributed by atoms with van der Waals surface area (Å²) in [6.45, 7) is 0. The van der Waals surface area contributed by atoms with Crippen LogP contribution in [0.5, 0.6) is 0 Å². The lowest BCUT2D eigenvalue weighted by atomic mass is 9.94. The number of fused-ring (bicyclic) bond motifs is 3. The fourth-order valence-electron chi connectivity index (χ4n) is 3.03. The van der Waals surface area contributed by atoms with Crippen molar-refractivity contribution in [1.29, 1.82) is 10.5 Å². The molecule has 0 saturated heterocycles. The first-order valence-corrected chi connectivity index (χ1v) is 7.50. The molecule has 0 atom stereocenters. The number of hydrogen-bond acceptors (Lipinski definition) is 4. The monoisotopic (exact) mass is 324 g/mol. The van der Waals surface area contributed by atoms with Crippen LogP contribution in [0.4, 0.5) is 4.39 Å². The molecule has 0 saturated carbocycles. The van der Waals surface area contributed by atoms with Gasteiger partial charge in [-0.05, 0) is 29.8 Å². The fraction of sp³-hybridized carbons (Fsp3) is 0. The second-order valence-electron chi connectivity index (χ2n) is 5.47. The normalized spacial score (nSPS) is 11.2. The Morgan fingerprint density at radius 2 is 1.56 bits per heavy atom. The molecule has 2 heterocycles. The minimum absolute atomic E-state index is 0.0541. The Hall–Kier alpha value is -3.83. The van der Waals surface area contributed by atoms with Gasteiger partial charge in [0.2, 0.25) is 0 Å². The van der Waals surface area contributed by atoms with E-state index in [0.717, 1.165) is 11.1 Å². The third-order valence-corrected chi connectivity index (χ3v) is 4.12. The number of pyridine rings is 2. The van der Waals surface area contributed by atoms with Crippen molar-refractivity contribution in [1.82, 2.24) is 9.97 Å². The molecule has 3 aromatic rings. The van der Waals surface area contributed by atoms with E-state index in [0.29, 0.717) is 28.1 Å². The van der Waals surface area contributed by atoms with Crippen molar-refractivity contribution in [2.45, 2.75) is 0 Å². The molecule has 0 N–H and O–H groups in total. The summed E-state index contributed by atoms with van der Waals surface area (Å²) in [6.07, 6.45) is 3.35. The zero-order chi connectivity index (χ0) is 17.4. The third kappa shape index (κ3) is 2.19. The van der Waals surface area contributed by atoms with E-state index in [1.165, 1.54) is 12.1 Å². The van der Waals surface area contributed by atoms with Gasteiger partial charge < -0.3 is 0 Å². The molecule has 4 nitrogen and oxygen atoms in total. The molecule has 25 heavy (non-hydrogen) atoms. The smallest absolute Gasteiger partial charge is 0.141 e. The van der Waals surface area contributed by atoms with Gasteiger partial charge in [0, 0.05) is 29.1 Å². The van der Waals surface area contributed by atoms with Crippen molar-refractivity contribution >= 4 is 11.1 Å². The topological polar surface area (TPSA) is 73.4 Å². The van der Waals surface area contributed by atoms with E-state index in [9.17, 15) is 9.65 Å². The molecule has 1 aromatic carbocycles. The van der Waals surface area contributed by atoms with E-state index in [1.54, 1.807) is 36.7 Å². The second-order valence-corrected chi connectivity index (χ2v) is 5.47. The first kappa shape index (κ1) is 14.7. The summed E-state index contributed by atoms with van der Waals surface area (Å²) in [4.78, 5) is 8.77. The summed E-state index contributed by atoms with van der Waals surface area (Å²) in [6, 6.07) is 15.5. The average Bonchev–Trinajstić information content (AvgIpc) is 2.98. The van der Waals surface area contributed by atoms with Crippen LogP contribution in [0.3, 0.4) is 0 Å². The summed E-state index contributed by atoms with van der Waals surface area (Å²) in [5.41, 5.74) is 4.35. The molecule has 0 aliphatic heterocycles. The summed E-state index contributed by atoms with van der Waals surface area (Å²) in [5.74, 6) is -0.649. The molecule has 4 rings (SSSR count). The highest BCUT2D eigenvalue weighted by molar-refractivity contribution is 6.11. The van der Waals surface area contributed by atoms with Crippen molar-refractivity contribution in [3.63, 3.8) is 0 Å². The van der Waals surface area contributed by atoms with Crippen LogP contribution in [0.2, 0.25) is 0 Å². The molecular weight excluding hydrogens is 315 g/mol. The van der Waals surface area contributed by atoms with Crippen LogP contribution in [-0.2, 0) is 0 Å². The number of nitrogens with zero attached hydrogens (tertiary/aromatic N) is 4. The van der Waals surface area contributed by atoms with E-state index < -0.39 is 5.82 Å². The van der Waals surface area contributed by atoms with Crippen molar-refractivity contribution in [3.05, 3.63) is 82.9 Å². The maximum absolute atomic E-state index is 14.0. The quantitative estimate of drug-likeness (QED) is 0.497. The Kier molecular flexibility index (Phi) is 3.34. The number of benzene rings is 1. The Balaban J connectivity index is 2.05. The SMILES string of the molecule is N#CC(=C1c2cccnc2-c2ncccc21)c1ccc(C#N)c(F)c1. The highest BCUT2D eigenvalue weighted by atomic mass is 19.1. The van der Waals surface area contributed by atoms with Gasteiger partial charge in [-0.15, -0.1) is 0 Å². The number of aromatic nitrogens is 2. The van der Waals surface area contributed by atoms with Crippen LogP contribution >= 0.6 is 0 Å². The van der Waals surface area contributed by atoms with Gasteiger partial charge in [0.25, 0.3) is 0 Å². The summed E-state index contributed by atoms with van der Waals surface area (Å²) < 4.78 is 14.0. The molecule has 1 aliphatic rings. The van der Waals surface area contributed by atoms with Gasteiger partial charge in [-0.2, -0.15) is 10.5 Å². The van der Waals surface area contributed by atoms with E-state index in [2.05, 4.69) is 16.0 Å². The molecule has 0 fully saturated rings. The first-order chi connectivity index (χ1) is 12.2. The van der Waals surface area contributed by atoms with Crippen LogP contribution in [0.25, 0.3) is 22.5 Å². The molecule has 1 aliphatic carbocycles. The van der Waals surface area contributed by atoms with Crippen molar-refractivity contribution < 1.29 is 4.39 Å². The lowest BCUT2D eigenvalue weighted by Crippen LogP contribution is -1.93. The highest BCUT2D eigenvalue weighted by Gasteiger charge is 2.28. The third-order valence-electron chi connectivity index (χ3n) is 4.12. The predicted molar refractivity (Wildman–Crippen MR) is 90.1 cm³/mol.